The van der Waals surface area contributed by atoms with E-state index in [9.17, 15) is 4.79 Å². The summed E-state index contributed by atoms with van der Waals surface area (Å²) in [6.07, 6.45) is 0. The maximum atomic E-state index is 12.0. The van der Waals surface area contributed by atoms with Crippen molar-refractivity contribution >= 4 is 21.8 Å². The highest BCUT2D eigenvalue weighted by atomic mass is 79.9. The number of rotatable bonds is 8. The molecule has 106 valence electrons. The number of nitrogens with one attached hydrogen (secondary N) is 1. The molecule has 0 atom stereocenters. The second-order valence-corrected chi connectivity index (χ2v) is 4.42. The summed E-state index contributed by atoms with van der Waals surface area (Å²) in [7, 11) is 3.08. The lowest BCUT2D eigenvalue weighted by Crippen LogP contribution is -2.27. The minimum Gasteiger partial charge on any atom is -0.497 e. The SMILES string of the molecule is COc1ccc(C(=O)NCCOCCBr)c(OC)c1. The summed E-state index contributed by atoms with van der Waals surface area (Å²) in [5.41, 5.74) is 0.476. The number of amides is 1. The van der Waals surface area contributed by atoms with Crippen molar-refractivity contribution in [3.63, 3.8) is 0 Å². The van der Waals surface area contributed by atoms with Crippen LogP contribution in [0.3, 0.4) is 0 Å². The van der Waals surface area contributed by atoms with Crippen molar-refractivity contribution in [2.75, 3.05) is 39.3 Å². The summed E-state index contributed by atoms with van der Waals surface area (Å²) in [5, 5.41) is 3.55. The average Bonchev–Trinajstić information content (AvgIpc) is 2.46. The largest absolute Gasteiger partial charge is 0.497 e. The van der Waals surface area contributed by atoms with Crippen LogP contribution in [0, 0.1) is 0 Å². The van der Waals surface area contributed by atoms with Crippen LogP contribution in [0.4, 0.5) is 0 Å². The van der Waals surface area contributed by atoms with Crippen molar-refractivity contribution in [2.24, 2.45) is 0 Å². The Morgan fingerprint density at radius 2 is 2.05 bits per heavy atom. The number of carbonyl (C=O) groups is 1. The number of carbonyl (C=O) groups excluding carboxylic acids is 1. The topological polar surface area (TPSA) is 56.8 Å². The highest BCUT2D eigenvalue weighted by Gasteiger charge is 2.12. The first-order valence-corrected chi connectivity index (χ1v) is 6.99. The smallest absolute Gasteiger partial charge is 0.255 e. The Labute approximate surface area is 121 Å². The first-order valence-electron chi connectivity index (χ1n) is 5.87. The molecule has 0 heterocycles. The lowest BCUT2D eigenvalue weighted by atomic mass is 10.1. The zero-order chi connectivity index (χ0) is 14.1. The minimum atomic E-state index is -0.193. The van der Waals surface area contributed by atoms with Crippen LogP contribution in [0.5, 0.6) is 11.5 Å². The Bertz CT molecular complexity index is 412. The van der Waals surface area contributed by atoms with Crippen molar-refractivity contribution in [2.45, 2.75) is 0 Å². The standard InChI is InChI=1S/C13H18BrNO4/c1-17-10-3-4-11(12(9-10)18-2)13(16)15-6-8-19-7-5-14/h3-4,9H,5-8H2,1-2H3,(H,15,16). The predicted molar refractivity (Wildman–Crippen MR) is 76.5 cm³/mol. The Balaban J connectivity index is 2.56. The van der Waals surface area contributed by atoms with Crippen molar-refractivity contribution in [1.82, 2.24) is 5.32 Å². The van der Waals surface area contributed by atoms with Crippen LogP contribution in [0.25, 0.3) is 0 Å². The molecule has 0 spiro atoms. The zero-order valence-corrected chi connectivity index (χ0v) is 12.7. The van der Waals surface area contributed by atoms with Gasteiger partial charge in [0.2, 0.25) is 0 Å². The number of hydrogen-bond donors (Lipinski definition) is 1. The van der Waals surface area contributed by atoms with Gasteiger partial charge < -0.3 is 19.5 Å². The van der Waals surface area contributed by atoms with Gasteiger partial charge in [-0.25, -0.2) is 0 Å². The molecule has 5 nitrogen and oxygen atoms in total. The number of ether oxygens (including phenoxy) is 3. The van der Waals surface area contributed by atoms with Gasteiger partial charge in [-0.05, 0) is 12.1 Å². The minimum absolute atomic E-state index is 0.193. The van der Waals surface area contributed by atoms with Crippen LogP contribution < -0.4 is 14.8 Å². The van der Waals surface area contributed by atoms with E-state index in [2.05, 4.69) is 21.2 Å². The quantitative estimate of drug-likeness (QED) is 0.583. The summed E-state index contributed by atoms with van der Waals surface area (Å²) in [6, 6.07) is 5.07. The number of benzene rings is 1. The van der Waals surface area contributed by atoms with E-state index in [4.69, 9.17) is 14.2 Å². The van der Waals surface area contributed by atoms with E-state index >= 15 is 0 Å². The fraction of sp³-hybridized carbons (Fsp3) is 0.462. The van der Waals surface area contributed by atoms with E-state index in [1.807, 2.05) is 0 Å². The fourth-order valence-corrected chi connectivity index (χ4v) is 1.70. The molecule has 0 unspecified atom stereocenters. The molecule has 1 aromatic rings. The van der Waals surface area contributed by atoms with Gasteiger partial charge in [-0.2, -0.15) is 0 Å². The molecule has 19 heavy (non-hydrogen) atoms. The molecular formula is C13H18BrNO4. The summed E-state index contributed by atoms with van der Waals surface area (Å²) >= 11 is 3.26. The Morgan fingerprint density at radius 1 is 1.26 bits per heavy atom. The Morgan fingerprint density at radius 3 is 2.68 bits per heavy atom. The van der Waals surface area contributed by atoms with Crippen LogP contribution >= 0.6 is 15.9 Å². The lowest BCUT2D eigenvalue weighted by molar-refractivity contribution is 0.0921. The van der Waals surface area contributed by atoms with Crippen molar-refractivity contribution in [3.8, 4) is 11.5 Å². The molecule has 0 aliphatic heterocycles. The summed E-state index contributed by atoms with van der Waals surface area (Å²) in [5.74, 6) is 0.939. The van der Waals surface area contributed by atoms with Crippen LogP contribution in [0.1, 0.15) is 10.4 Å². The highest BCUT2D eigenvalue weighted by Crippen LogP contribution is 2.24. The number of methoxy groups -OCH3 is 2. The number of halogens is 1. The molecule has 0 radical (unpaired) electrons. The third-order valence-electron chi connectivity index (χ3n) is 2.41. The molecule has 6 heteroatoms. The first-order chi connectivity index (χ1) is 9.22. The molecule has 1 rings (SSSR count). The molecule has 1 aromatic carbocycles. The summed E-state index contributed by atoms with van der Waals surface area (Å²) < 4.78 is 15.5. The normalized spacial score (nSPS) is 10.1. The molecule has 1 N–H and O–H groups in total. The van der Waals surface area contributed by atoms with E-state index in [1.165, 1.54) is 7.11 Å². The maximum absolute atomic E-state index is 12.0. The number of hydrogen-bond acceptors (Lipinski definition) is 4. The van der Waals surface area contributed by atoms with Crippen LogP contribution in [0.15, 0.2) is 18.2 Å². The van der Waals surface area contributed by atoms with Gasteiger partial charge in [0.25, 0.3) is 5.91 Å². The van der Waals surface area contributed by atoms with Gasteiger partial charge in [0.1, 0.15) is 11.5 Å². The van der Waals surface area contributed by atoms with Crippen LogP contribution in [0.2, 0.25) is 0 Å². The van der Waals surface area contributed by atoms with Gasteiger partial charge >= 0.3 is 0 Å². The first kappa shape index (κ1) is 15.8. The lowest BCUT2D eigenvalue weighted by Gasteiger charge is -2.10. The third-order valence-corrected chi connectivity index (χ3v) is 2.73. The van der Waals surface area contributed by atoms with E-state index < -0.39 is 0 Å². The van der Waals surface area contributed by atoms with Gasteiger partial charge in [0, 0.05) is 17.9 Å². The highest BCUT2D eigenvalue weighted by molar-refractivity contribution is 9.09. The molecule has 0 bridgehead atoms. The molecule has 0 aliphatic carbocycles. The number of alkyl halides is 1. The van der Waals surface area contributed by atoms with Crippen LogP contribution in [-0.4, -0.2) is 45.2 Å². The summed E-state index contributed by atoms with van der Waals surface area (Å²) in [6.45, 7) is 1.57. The Kier molecular flexibility index (Phi) is 7.28. The molecule has 0 aliphatic rings. The molecule has 0 fully saturated rings. The second-order valence-electron chi connectivity index (χ2n) is 3.62. The maximum Gasteiger partial charge on any atom is 0.255 e. The second kappa shape index (κ2) is 8.77. The Hall–Kier alpha value is -1.27. The van der Waals surface area contributed by atoms with Crippen molar-refractivity contribution in [3.05, 3.63) is 23.8 Å². The molecule has 0 saturated heterocycles. The monoisotopic (exact) mass is 331 g/mol. The van der Waals surface area contributed by atoms with Crippen LogP contribution in [-0.2, 0) is 4.74 Å². The molecule has 0 saturated carbocycles. The van der Waals surface area contributed by atoms with Crippen molar-refractivity contribution in [1.29, 1.82) is 0 Å². The van der Waals surface area contributed by atoms with Gasteiger partial charge in [-0.15, -0.1) is 0 Å². The zero-order valence-electron chi connectivity index (χ0n) is 11.1. The van der Waals surface area contributed by atoms with E-state index in [0.29, 0.717) is 36.8 Å². The van der Waals surface area contributed by atoms with Gasteiger partial charge in [-0.3, -0.25) is 4.79 Å². The average molecular weight is 332 g/mol. The van der Waals surface area contributed by atoms with E-state index in [-0.39, 0.29) is 5.91 Å². The van der Waals surface area contributed by atoms with E-state index in [0.717, 1.165) is 5.33 Å². The van der Waals surface area contributed by atoms with Gasteiger partial charge in [0.05, 0.1) is 33.0 Å². The predicted octanol–water partition coefficient (Wildman–Crippen LogP) is 1.85. The van der Waals surface area contributed by atoms with Crippen molar-refractivity contribution < 1.29 is 19.0 Å². The molecular weight excluding hydrogens is 314 g/mol. The summed E-state index contributed by atoms with van der Waals surface area (Å²) in [4.78, 5) is 12.0. The molecule has 0 aromatic heterocycles. The third kappa shape index (κ3) is 5.08. The fourth-order valence-electron chi connectivity index (χ4n) is 1.47. The van der Waals surface area contributed by atoms with Gasteiger partial charge in [0.15, 0.2) is 0 Å². The van der Waals surface area contributed by atoms with Gasteiger partial charge in [-0.1, -0.05) is 15.9 Å². The van der Waals surface area contributed by atoms with E-state index in [1.54, 1.807) is 25.3 Å². The molecule has 1 amide bonds.